The predicted octanol–water partition coefficient (Wildman–Crippen LogP) is 14.6. The zero-order valence-electron chi connectivity index (χ0n) is 34.7. The lowest BCUT2D eigenvalue weighted by atomic mass is 10.1. The zero-order valence-corrected chi connectivity index (χ0v) is 34.7. The average molecular weight is 819 g/mol. The van der Waals surface area contributed by atoms with E-state index in [0.29, 0.717) is 0 Å². The number of hydrogen-bond donors (Lipinski definition) is 0. The summed E-state index contributed by atoms with van der Waals surface area (Å²) >= 11 is 0. The van der Waals surface area contributed by atoms with E-state index in [0.717, 1.165) is 62.7 Å². The first kappa shape index (κ1) is 35.2. The smallest absolute Gasteiger partial charge is 0.138 e. The molecule has 13 aromatic rings. The highest BCUT2D eigenvalue weighted by atomic mass is 15.1. The van der Waals surface area contributed by atoms with Gasteiger partial charge in [-0.1, -0.05) is 152 Å². The van der Waals surface area contributed by atoms with Crippen LogP contribution in [0.3, 0.4) is 0 Å². The lowest BCUT2D eigenvalue weighted by Crippen LogP contribution is -2.08. The van der Waals surface area contributed by atoms with Crippen LogP contribution in [0, 0.1) is 0 Å². The molecule has 6 heteroatoms. The van der Waals surface area contributed by atoms with E-state index in [1.807, 2.05) is 0 Å². The van der Waals surface area contributed by atoms with Gasteiger partial charge in [-0.3, -0.25) is 9.13 Å². The molecule has 0 radical (unpaired) electrons. The molecule has 300 valence electrons. The Labute approximate surface area is 367 Å². The molecular formula is C58H38N6. The standard InChI is InChI=1S/C58H38N6/c1-3-17-37(18-4-1)61-49-27-11-7-21-39(49)43-33-35-45-41-23-9-13-29-51(41)63(57(45)55(43)61)53-31-15-25-47(59-53)48-26-16-32-54(60-48)64-52-30-14-10-24-42(52)46-36-34-44-40-22-8-12-28-50(40)62(56(44)58(46)64)38-19-5-2-6-20-38/h1-19,21-36,38H,20H2. The van der Waals surface area contributed by atoms with Gasteiger partial charge >= 0.3 is 0 Å². The lowest BCUT2D eigenvalue weighted by molar-refractivity contribution is 0.648. The maximum atomic E-state index is 5.52. The predicted molar refractivity (Wildman–Crippen MR) is 265 cm³/mol. The van der Waals surface area contributed by atoms with E-state index in [1.54, 1.807) is 0 Å². The van der Waals surface area contributed by atoms with Gasteiger partial charge < -0.3 is 9.13 Å². The van der Waals surface area contributed by atoms with Gasteiger partial charge in [0, 0.05) is 54.3 Å². The van der Waals surface area contributed by atoms with E-state index in [1.165, 1.54) is 59.6 Å². The minimum absolute atomic E-state index is 0.187. The first-order valence-electron chi connectivity index (χ1n) is 22.0. The SMILES string of the molecule is C1=CCC(n2c3ccccc3c3ccc4c5ccccc5n(-c5cccc(-c6cccc(-n7c8ccccc8c8ccc9c%10ccccc%10n(-c%10ccccc%10)c9c87)n6)n5)c4c32)C=C1. The molecule has 0 bridgehead atoms. The summed E-state index contributed by atoms with van der Waals surface area (Å²) in [6, 6.07) is 67.8. The molecule has 1 unspecified atom stereocenters. The van der Waals surface area contributed by atoms with E-state index in [4.69, 9.17) is 9.97 Å². The number of rotatable bonds is 5. The Morgan fingerprint density at radius 3 is 1.31 bits per heavy atom. The summed E-state index contributed by atoms with van der Waals surface area (Å²) in [5, 5.41) is 9.71. The third kappa shape index (κ3) is 4.90. The van der Waals surface area contributed by atoms with Crippen LogP contribution in [0.25, 0.3) is 116 Å². The van der Waals surface area contributed by atoms with E-state index >= 15 is 0 Å². The van der Waals surface area contributed by atoms with Crippen molar-refractivity contribution in [1.29, 1.82) is 0 Å². The van der Waals surface area contributed by atoms with Gasteiger partial charge in [0.2, 0.25) is 0 Å². The highest BCUT2D eigenvalue weighted by Crippen LogP contribution is 2.44. The van der Waals surface area contributed by atoms with Gasteiger partial charge in [0.25, 0.3) is 0 Å². The monoisotopic (exact) mass is 818 g/mol. The van der Waals surface area contributed by atoms with Crippen molar-refractivity contribution in [2.45, 2.75) is 12.5 Å². The maximum Gasteiger partial charge on any atom is 0.138 e. The van der Waals surface area contributed by atoms with E-state index in [-0.39, 0.29) is 6.04 Å². The molecule has 0 amide bonds. The average Bonchev–Trinajstić information content (AvgIpc) is 4.10. The van der Waals surface area contributed by atoms with Gasteiger partial charge in [0.15, 0.2) is 0 Å². The summed E-state index contributed by atoms with van der Waals surface area (Å²) in [5.41, 5.74) is 12.0. The first-order valence-corrected chi connectivity index (χ1v) is 22.0. The lowest BCUT2D eigenvalue weighted by Gasteiger charge is -2.19. The molecule has 0 spiro atoms. The molecule has 0 saturated carbocycles. The highest BCUT2D eigenvalue weighted by Gasteiger charge is 2.25. The molecule has 1 aliphatic carbocycles. The molecule has 0 N–H and O–H groups in total. The van der Waals surface area contributed by atoms with Crippen molar-refractivity contribution >= 4 is 87.2 Å². The molecule has 6 nitrogen and oxygen atoms in total. The molecule has 0 saturated heterocycles. The molecule has 6 aromatic heterocycles. The number of aromatic nitrogens is 6. The minimum atomic E-state index is 0.187. The van der Waals surface area contributed by atoms with Crippen LogP contribution in [0.15, 0.2) is 212 Å². The Balaban J connectivity index is 1.01. The fourth-order valence-electron chi connectivity index (χ4n) is 10.8. The summed E-state index contributed by atoms with van der Waals surface area (Å²) in [4.78, 5) is 11.0. The first-order chi connectivity index (χ1) is 31.8. The van der Waals surface area contributed by atoms with Crippen LogP contribution in [-0.2, 0) is 0 Å². The molecule has 64 heavy (non-hydrogen) atoms. The van der Waals surface area contributed by atoms with Crippen LogP contribution in [-0.4, -0.2) is 28.2 Å². The number of hydrogen-bond acceptors (Lipinski definition) is 2. The molecule has 0 fully saturated rings. The van der Waals surface area contributed by atoms with E-state index < -0.39 is 0 Å². The van der Waals surface area contributed by atoms with Crippen LogP contribution in [0.4, 0.5) is 0 Å². The molecular weight excluding hydrogens is 781 g/mol. The van der Waals surface area contributed by atoms with Crippen LogP contribution in [0.1, 0.15) is 12.5 Å². The molecule has 7 aromatic carbocycles. The summed E-state index contributed by atoms with van der Waals surface area (Å²) in [5.74, 6) is 1.69. The summed E-state index contributed by atoms with van der Waals surface area (Å²) < 4.78 is 9.71. The molecule has 1 atom stereocenters. The van der Waals surface area contributed by atoms with E-state index in [2.05, 4.69) is 231 Å². The second-order valence-electron chi connectivity index (χ2n) is 16.9. The van der Waals surface area contributed by atoms with Crippen LogP contribution in [0.2, 0.25) is 0 Å². The van der Waals surface area contributed by atoms with Crippen molar-refractivity contribution in [2.24, 2.45) is 0 Å². The fraction of sp³-hybridized carbons (Fsp3) is 0.0345. The van der Waals surface area contributed by atoms with Gasteiger partial charge in [-0.25, -0.2) is 9.97 Å². The largest absolute Gasteiger partial charge is 0.331 e. The Bertz CT molecular complexity index is 4120. The Hall–Kier alpha value is -8.48. The highest BCUT2D eigenvalue weighted by molar-refractivity contribution is 6.25. The number of benzene rings is 7. The van der Waals surface area contributed by atoms with Gasteiger partial charge in [-0.2, -0.15) is 0 Å². The number of nitrogens with zero attached hydrogens (tertiary/aromatic N) is 6. The normalized spacial score (nSPS) is 14.2. The Morgan fingerprint density at radius 2 is 0.781 bits per heavy atom. The number of allylic oxidation sites excluding steroid dienone is 4. The molecule has 0 aliphatic heterocycles. The maximum absolute atomic E-state index is 5.52. The summed E-state index contributed by atoms with van der Waals surface area (Å²) in [6.07, 6.45) is 9.88. The number of pyridine rings is 2. The van der Waals surface area contributed by atoms with Crippen molar-refractivity contribution in [1.82, 2.24) is 28.2 Å². The quantitative estimate of drug-likeness (QED) is 0.174. The van der Waals surface area contributed by atoms with Crippen LogP contribution in [0.5, 0.6) is 0 Å². The van der Waals surface area contributed by atoms with Crippen molar-refractivity contribution in [3.8, 4) is 28.7 Å². The second-order valence-corrected chi connectivity index (χ2v) is 16.9. The van der Waals surface area contributed by atoms with Crippen molar-refractivity contribution in [3.63, 3.8) is 0 Å². The summed E-state index contributed by atoms with van der Waals surface area (Å²) in [7, 11) is 0. The molecule has 6 heterocycles. The van der Waals surface area contributed by atoms with Crippen LogP contribution < -0.4 is 0 Å². The van der Waals surface area contributed by atoms with Crippen LogP contribution >= 0.6 is 0 Å². The Kier molecular flexibility index (Phi) is 7.42. The third-order valence-electron chi connectivity index (χ3n) is 13.5. The van der Waals surface area contributed by atoms with Gasteiger partial charge in [0.05, 0.1) is 56.0 Å². The topological polar surface area (TPSA) is 45.5 Å². The number of fused-ring (bicyclic) bond motifs is 14. The van der Waals surface area contributed by atoms with Gasteiger partial charge in [0.1, 0.15) is 11.6 Å². The summed E-state index contributed by atoms with van der Waals surface area (Å²) in [6.45, 7) is 0. The third-order valence-corrected chi connectivity index (χ3v) is 13.5. The zero-order chi connectivity index (χ0) is 41.9. The van der Waals surface area contributed by atoms with Gasteiger partial charge in [-0.15, -0.1) is 0 Å². The van der Waals surface area contributed by atoms with Crippen molar-refractivity contribution < 1.29 is 0 Å². The van der Waals surface area contributed by atoms with Crippen molar-refractivity contribution in [3.05, 3.63) is 212 Å². The Morgan fingerprint density at radius 1 is 0.344 bits per heavy atom. The number of para-hydroxylation sites is 5. The van der Waals surface area contributed by atoms with Crippen molar-refractivity contribution in [2.75, 3.05) is 0 Å². The molecule has 1 aliphatic rings. The fourth-order valence-corrected chi connectivity index (χ4v) is 10.8. The minimum Gasteiger partial charge on any atom is -0.331 e. The van der Waals surface area contributed by atoms with E-state index in [9.17, 15) is 0 Å². The second kappa shape index (κ2) is 13.5. The van der Waals surface area contributed by atoms with Gasteiger partial charge in [-0.05, 0) is 67.1 Å². The molecule has 14 rings (SSSR count).